The Hall–Kier alpha value is -0.500. The first kappa shape index (κ1) is 11.0. The van der Waals surface area contributed by atoms with Crippen molar-refractivity contribution in [1.82, 2.24) is 0 Å². The van der Waals surface area contributed by atoms with Gasteiger partial charge >= 0.3 is 0 Å². The Kier molecular flexibility index (Phi) is 3.06. The van der Waals surface area contributed by atoms with Gasteiger partial charge in [-0.3, -0.25) is 0 Å². The van der Waals surface area contributed by atoms with Gasteiger partial charge in [-0.15, -0.1) is 0 Å². The lowest BCUT2D eigenvalue weighted by atomic mass is 9.81. The summed E-state index contributed by atoms with van der Waals surface area (Å²) in [6, 6.07) is 8.51. The first-order valence-electron chi connectivity index (χ1n) is 5.43. The second-order valence-electron chi connectivity index (χ2n) is 4.63. The summed E-state index contributed by atoms with van der Waals surface area (Å²) in [4.78, 5) is 0.685. The molecule has 15 heavy (non-hydrogen) atoms. The monoisotopic (exact) mass is 268 g/mol. The number of benzene rings is 1. The normalized spacial score (nSPS) is 30.5. The van der Waals surface area contributed by atoms with E-state index >= 15 is 0 Å². The molecule has 82 valence electrons. The Morgan fingerprint density at radius 1 is 1.33 bits per heavy atom. The predicted octanol–water partition coefficient (Wildman–Crippen LogP) is 3.90. The van der Waals surface area contributed by atoms with Gasteiger partial charge in [0.2, 0.25) is 0 Å². The molecule has 1 nitrogen and oxygen atoms in total. The van der Waals surface area contributed by atoms with E-state index in [9.17, 15) is 0 Å². The van der Waals surface area contributed by atoms with Crippen molar-refractivity contribution in [2.45, 2.75) is 36.4 Å². The molecule has 0 radical (unpaired) electrons. The third kappa shape index (κ3) is 2.20. The highest BCUT2D eigenvalue weighted by molar-refractivity contribution is 9.09. The first-order chi connectivity index (χ1) is 7.14. The predicted molar refractivity (Wildman–Crippen MR) is 66.9 cm³/mol. The van der Waals surface area contributed by atoms with Crippen LogP contribution in [0, 0.1) is 0 Å². The quantitative estimate of drug-likeness (QED) is 0.740. The molecule has 0 N–H and O–H groups in total. The van der Waals surface area contributed by atoms with Crippen LogP contribution < -0.4 is 4.74 Å². The minimum Gasteiger partial charge on any atom is -0.497 e. The van der Waals surface area contributed by atoms with Gasteiger partial charge in [0, 0.05) is 4.83 Å². The van der Waals surface area contributed by atoms with Crippen LogP contribution >= 0.6 is 15.9 Å². The molecule has 0 saturated heterocycles. The lowest BCUT2D eigenvalue weighted by Gasteiger charge is -2.24. The molecule has 0 spiro atoms. The number of hydrogen-bond donors (Lipinski definition) is 0. The zero-order chi connectivity index (χ0) is 10.9. The molecular formula is C13H17BrO. The molecule has 0 bridgehead atoms. The maximum Gasteiger partial charge on any atom is 0.118 e. The Bertz CT molecular complexity index is 333. The van der Waals surface area contributed by atoms with Gasteiger partial charge in [-0.05, 0) is 42.4 Å². The summed E-state index contributed by atoms with van der Waals surface area (Å²) < 4.78 is 5.18. The number of rotatable bonds is 2. The molecule has 2 atom stereocenters. The summed E-state index contributed by atoms with van der Waals surface area (Å²) in [6.07, 6.45) is 3.79. The van der Waals surface area contributed by atoms with Gasteiger partial charge in [-0.1, -0.05) is 35.0 Å². The average molecular weight is 269 g/mol. The van der Waals surface area contributed by atoms with Gasteiger partial charge < -0.3 is 4.74 Å². The van der Waals surface area contributed by atoms with E-state index < -0.39 is 0 Å². The summed E-state index contributed by atoms with van der Waals surface area (Å²) in [5.41, 5.74) is 1.78. The van der Waals surface area contributed by atoms with Crippen molar-refractivity contribution < 1.29 is 4.74 Å². The van der Waals surface area contributed by atoms with E-state index in [0.29, 0.717) is 10.2 Å². The molecule has 1 fully saturated rings. The van der Waals surface area contributed by atoms with Crippen molar-refractivity contribution in [2.24, 2.45) is 0 Å². The Morgan fingerprint density at radius 3 is 2.47 bits per heavy atom. The molecule has 0 aromatic heterocycles. The summed E-state index contributed by atoms with van der Waals surface area (Å²) in [6.45, 7) is 2.36. The van der Waals surface area contributed by atoms with E-state index in [1.807, 2.05) is 0 Å². The van der Waals surface area contributed by atoms with E-state index in [0.717, 1.165) is 5.75 Å². The fraction of sp³-hybridized carbons (Fsp3) is 0.538. The van der Waals surface area contributed by atoms with Gasteiger partial charge in [0.1, 0.15) is 5.75 Å². The van der Waals surface area contributed by atoms with Crippen LogP contribution in [0.25, 0.3) is 0 Å². The molecular weight excluding hydrogens is 252 g/mol. The van der Waals surface area contributed by atoms with Crippen LogP contribution in [0.4, 0.5) is 0 Å². The molecule has 0 aliphatic heterocycles. The second kappa shape index (κ2) is 4.17. The maximum atomic E-state index is 5.18. The molecule has 1 aromatic rings. The van der Waals surface area contributed by atoms with Gasteiger partial charge in [-0.25, -0.2) is 0 Å². The SMILES string of the molecule is COc1ccc(C2(C)CCC(Br)C2)cc1. The van der Waals surface area contributed by atoms with Crippen LogP contribution in [0.3, 0.4) is 0 Å². The average Bonchev–Trinajstić information content (AvgIpc) is 2.60. The zero-order valence-corrected chi connectivity index (χ0v) is 10.9. The van der Waals surface area contributed by atoms with Gasteiger partial charge in [0.15, 0.2) is 0 Å². The molecule has 1 aliphatic carbocycles. The third-order valence-corrected chi connectivity index (χ3v) is 4.25. The molecule has 0 heterocycles. The molecule has 1 saturated carbocycles. The van der Waals surface area contributed by atoms with E-state index in [4.69, 9.17) is 4.74 Å². The summed E-state index contributed by atoms with van der Waals surface area (Å²) >= 11 is 3.71. The highest BCUT2D eigenvalue weighted by Gasteiger charge is 2.35. The van der Waals surface area contributed by atoms with Gasteiger partial charge in [0.25, 0.3) is 0 Å². The zero-order valence-electron chi connectivity index (χ0n) is 9.29. The smallest absolute Gasteiger partial charge is 0.118 e. The Balaban J connectivity index is 2.22. The second-order valence-corrected chi connectivity index (χ2v) is 5.92. The van der Waals surface area contributed by atoms with Crippen LogP contribution in [-0.2, 0) is 5.41 Å². The van der Waals surface area contributed by atoms with E-state index in [2.05, 4.69) is 47.1 Å². The lowest BCUT2D eigenvalue weighted by Crippen LogP contribution is -2.17. The topological polar surface area (TPSA) is 9.23 Å². The fourth-order valence-electron chi connectivity index (χ4n) is 2.42. The van der Waals surface area contributed by atoms with E-state index in [1.54, 1.807) is 7.11 Å². The highest BCUT2D eigenvalue weighted by Crippen LogP contribution is 2.43. The number of alkyl halides is 1. The lowest BCUT2D eigenvalue weighted by molar-refractivity contribution is 0.413. The number of halogens is 1. The molecule has 2 rings (SSSR count). The minimum atomic E-state index is 0.348. The van der Waals surface area contributed by atoms with Crippen LogP contribution in [0.15, 0.2) is 24.3 Å². The van der Waals surface area contributed by atoms with Crippen molar-refractivity contribution in [2.75, 3.05) is 7.11 Å². The Morgan fingerprint density at radius 2 is 2.00 bits per heavy atom. The maximum absolute atomic E-state index is 5.18. The van der Waals surface area contributed by atoms with Gasteiger partial charge in [0.05, 0.1) is 7.11 Å². The van der Waals surface area contributed by atoms with Gasteiger partial charge in [-0.2, -0.15) is 0 Å². The van der Waals surface area contributed by atoms with Crippen molar-refractivity contribution in [3.05, 3.63) is 29.8 Å². The van der Waals surface area contributed by atoms with E-state index in [1.165, 1.54) is 24.8 Å². The summed E-state index contributed by atoms with van der Waals surface area (Å²) in [7, 11) is 1.71. The van der Waals surface area contributed by atoms with Crippen molar-refractivity contribution in [1.29, 1.82) is 0 Å². The van der Waals surface area contributed by atoms with Crippen molar-refractivity contribution in [3.63, 3.8) is 0 Å². The van der Waals surface area contributed by atoms with Crippen LogP contribution in [0.1, 0.15) is 31.7 Å². The summed E-state index contributed by atoms with van der Waals surface area (Å²) in [5.74, 6) is 0.940. The Labute approximate surface area is 100.0 Å². The molecule has 2 heteroatoms. The molecule has 1 aromatic carbocycles. The molecule has 2 unspecified atom stereocenters. The molecule has 1 aliphatic rings. The number of ether oxygens (including phenoxy) is 1. The fourth-order valence-corrected chi connectivity index (χ4v) is 3.37. The van der Waals surface area contributed by atoms with Crippen molar-refractivity contribution >= 4 is 15.9 Å². The largest absolute Gasteiger partial charge is 0.497 e. The van der Waals surface area contributed by atoms with Crippen LogP contribution in [0.2, 0.25) is 0 Å². The van der Waals surface area contributed by atoms with Crippen LogP contribution in [0.5, 0.6) is 5.75 Å². The van der Waals surface area contributed by atoms with Crippen molar-refractivity contribution in [3.8, 4) is 5.75 Å². The highest BCUT2D eigenvalue weighted by atomic mass is 79.9. The standard InChI is InChI=1S/C13H17BrO/c1-13(8-7-11(14)9-13)10-3-5-12(15-2)6-4-10/h3-6,11H,7-9H2,1-2H3. The van der Waals surface area contributed by atoms with E-state index in [-0.39, 0.29) is 0 Å². The summed E-state index contributed by atoms with van der Waals surface area (Å²) in [5, 5.41) is 0. The third-order valence-electron chi connectivity index (χ3n) is 3.47. The number of hydrogen-bond acceptors (Lipinski definition) is 1. The van der Waals surface area contributed by atoms with Crippen LogP contribution in [-0.4, -0.2) is 11.9 Å². The first-order valence-corrected chi connectivity index (χ1v) is 6.34. The number of methoxy groups -OCH3 is 1. The molecule has 0 amide bonds. The minimum absolute atomic E-state index is 0.348.